The summed E-state index contributed by atoms with van der Waals surface area (Å²) in [7, 11) is 0. The van der Waals surface area contributed by atoms with Crippen LogP contribution in [-0.2, 0) is 6.42 Å². The Morgan fingerprint density at radius 2 is 1.64 bits per heavy atom. The van der Waals surface area contributed by atoms with E-state index in [2.05, 4.69) is 0 Å². The quantitative estimate of drug-likeness (QED) is 0.683. The lowest BCUT2D eigenvalue weighted by Crippen LogP contribution is -2.11. The number of rotatable bonds is 1. The highest BCUT2D eigenvalue weighted by Gasteiger charge is 2.27. The lowest BCUT2D eigenvalue weighted by molar-refractivity contribution is -0.127. The van der Waals surface area contributed by atoms with Gasteiger partial charge in [-0.3, -0.25) is 0 Å². The summed E-state index contributed by atoms with van der Waals surface area (Å²) in [4.78, 5) is 0. The van der Waals surface area contributed by atoms with E-state index in [0.29, 0.717) is 5.56 Å². The molecule has 0 aliphatic heterocycles. The van der Waals surface area contributed by atoms with E-state index in [4.69, 9.17) is 5.26 Å². The largest absolute Gasteiger partial charge is 0.393 e. The van der Waals surface area contributed by atoms with Crippen LogP contribution < -0.4 is 0 Å². The molecule has 0 aromatic heterocycles. The zero-order valence-electron chi connectivity index (χ0n) is 7.67. The van der Waals surface area contributed by atoms with E-state index < -0.39 is 12.6 Å². The maximum Gasteiger partial charge on any atom is 0.393 e. The van der Waals surface area contributed by atoms with Crippen LogP contribution >= 0.6 is 0 Å². The molecule has 0 radical (unpaired) electrons. The molecule has 1 nitrogen and oxygen atoms in total. The average molecular weight is 201 g/mol. The van der Waals surface area contributed by atoms with Crippen molar-refractivity contribution in [1.82, 2.24) is 0 Å². The molecular weight excluding hydrogens is 191 g/mol. The third-order valence-corrected chi connectivity index (χ3v) is 1.25. The van der Waals surface area contributed by atoms with Gasteiger partial charge in [-0.2, -0.15) is 18.4 Å². The van der Waals surface area contributed by atoms with Gasteiger partial charge in [0.15, 0.2) is 0 Å². The molecule has 76 valence electrons. The summed E-state index contributed by atoms with van der Waals surface area (Å²) in [5.41, 5.74) is 0.306. The molecule has 1 aromatic rings. The van der Waals surface area contributed by atoms with Gasteiger partial charge in [0.25, 0.3) is 0 Å². The Bertz CT molecular complexity index is 284. The van der Waals surface area contributed by atoms with Crippen LogP contribution in [0.3, 0.4) is 0 Å². The first-order chi connectivity index (χ1) is 6.49. The molecule has 0 aliphatic carbocycles. The monoisotopic (exact) mass is 201 g/mol. The summed E-state index contributed by atoms with van der Waals surface area (Å²) in [6.45, 7) is 1.43. The molecule has 0 heterocycles. The Labute approximate surface area is 80.8 Å². The van der Waals surface area contributed by atoms with Gasteiger partial charge in [-0.1, -0.05) is 30.3 Å². The van der Waals surface area contributed by atoms with E-state index in [0.717, 1.165) is 0 Å². The van der Waals surface area contributed by atoms with Crippen molar-refractivity contribution in [2.75, 3.05) is 0 Å². The first kappa shape index (κ1) is 12.5. The highest BCUT2D eigenvalue weighted by atomic mass is 19.4. The van der Waals surface area contributed by atoms with Gasteiger partial charge in [0.2, 0.25) is 0 Å². The number of benzene rings is 1. The second kappa shape index (κ2) is 6.03. The number of nitrogens with zero attached hydrogens (tertiary/aromatic N) is 1. The van der Waals surface area contributed by atoms with Gasteiger partial charge in [-0.15, -0.1) is 0 Å². The number of nitriles is 1. The summed E-state index contributed by atoms with van der Waals surface area (Å²) >= 11 is 0. The van der Waals surface area contributed by atoms with Gasteiger partial charge < -0.3 is 0 Å². The fourth-order valence-corrected chi connectivity index (χ4v) is 0.827. The predicted molar refractivity (Wildman–Crippen MR) is 47.5 cm³/mol. The zero-order chi connectivity index (χ0) is 11.0. The summed E-state index contributed by atoms with van der Waals surface area (Å²) in [6.07, 6.45) is -4.94. The maximum absolute atomic E-state index is 11.7. The van der Waals surface area contributed by atoms with Crippen molar-refractivity contribution in [3.8, 4) is 6.07 Å². The lowest BCUT2D eigenvalue weighted by atomic mass is 10.1. The molecule has 0 bridgehead atoms. The van der Waals surface area contributed by atoms with Gasteiger partial charge >= 0.3 is 6.18 Å². The molecule has 0 saturated carbocycles. The van der Waals surface area contributed by atoms with Gasteiger partial charge in [-0.25, -0.2) is 0 Å². The van der Waals surface area contributed by atoms with Crippen LogP contribution in [0.1, 0.15) is 12.5 Å². The minimum Gasteiger partial charge on any atom is -0.199 e. The molecule has 14 heavy (non-hydrogen) atoms. The molecule has 1 aromatic carbocycles. The average Bonchev–Trinajstić information content (AvgIpc) is 2.04. The molecule has 0 saturated heterocycles. The molecule has 0 N–H and O–H groups in total. The fraction of sp³-hybridized carbons (Fsp3) is 0.300. The Balaban J connectivity index is 0.000000500. The van der Waals surface area contributed by atoms with Gasteiger partial charge in [-0.05, 0) is 5.56 Å². The van der Waals surface area contributed by atoms with E-state index >= 15 is 0 Å². The molecular formula is C10H10F3N. The summed E-state index contributed by atoms with van der Waals surface area (Å²) < 4.78 is 35.2. The summed E-state index contributed by atoms with van der Waals surface area (Å²) in [5, 5.41) is 7.32. The Morgan fingerprint density at radius 1 is 1.21 bits per heavy atom. The molecule has 0 unspecified atom stereocenters. The molecule has 4 heteroatoms. The van der Waals surface area contributed by atoms with Crippen molar-refractivity contribution in [2.24, 2.45) is 0 Å². The Hall–Kier alpha value is -1.50. The standard InChI is InChI=1S/C8H7F3.C2H3N/c9-8(10,11)6-7-4-2-1-3-5-7;1-2-3/h1-5H,6H2;1H3. The number of hydrogen-bond acceptors (Lipinski definition) is 1. The molecule has 1 rings (SSSR count). The van der Waals surface area contributed by atoms with Crippen LogP contribution in [0, 0.1) is 11.3 Å². The SMILES string of the molecule is CC#N.FC(F)(F)Cc1ccccc1. The summed E-state index contributed by atoms with van der Waals surface area (Å²) in [6, 6.07) is 9.57. The minimum absolute atomic E-state index is 0.306. The predicted octanol–water partition coefficient (Wildman–Crippen LogP) is 3.32. The second-order valence-electron chi connectivity index (χ2n) is 2.50. The Morgan fingerprint density at radius 3 is 2.00 bits per heavy atom. The van der Waals surface area contributed by atoms with Crippen LogP contribution in [0.15, 0.2) is 30.3 Å². The van der Waals surface area contributed by atoms with E-state index in [1.54, 1.807) is 24.3 Å². The topological polar surface area (TPSA) is 23.8 Å². The molecule has 0 amide bonds. The molecule has 0 fully saturated rings. The normalized spacial score (nSPS) is 9.64. The zero-order valence-corrected chi connectivity index (χ0v) is 7.67. The van der Waals surface area contributed by atoms with Gasteiger partial charge in [0, 0.05) is 6.92 Å². The minimum atomic E-state index is -4.10. The van der Waals surface area contributed by atoms with Crippen LogP contribution in [-0.4, -0.2) is 6.18 Å². The number of alkyl halides is 3. The van der Waals surface area contributed by atoms with E-state index in [9.17, 15) is 13.2 Å². The highest BCUT2D eigenvalue weighted by Crippen LogP contribution is 2.20. The van der Waals surface area contributed by atoms with Crippen molar-refractivity contribution < 1.29 is 13.2 Å². The molecule has 0 spiro atoms. The second-order valence-corrected chi connectivity index (χ2v) is 2.50. The van der Waals surface area contributed by atoms with Crippen molar-refractivity contribution >= 4 is 0 Å². The van der Waals surface area contributed by atoms with Crippen molar-refractivity contribution in [2.45, 2.75) is 19.5 Å². The number of hydrogen-bond donors (Lipinski definition) is 0. The molecule has 0 atom stereocenters. The fourth-order valence-electron chi connectivity index (χ4n) is 0.827. The third-order valence-electron chi connectivity index (χ3n) is 1.25. The first-order valence-corrected chi connectivity index (χ1v) is 3.91. The summed E-state index contributed by atoms with van der Waals surface area (Å²) in [5.74, 6) is 0. The van der Waals surface area contributed by atoms with E-state index in [-0.39, 0.29) is 0 Å². The highest BCUT2D eigenvalue weighted by molar-refractivity contribution is 5.15. The van der Waals surface area contributed by atoms with Crippen molar-refractivity contribution in [1.29, 1.82) is 5.26 Å². The van der Waals surface area contributed by atoms with Crippen LogP contribution in [0.25, 0.3) is 0 Å². The van der Waals surface area contributed by atoms with Gasteiger partial charge in [0.1, 0.15) is 0 Å². The van der Waals surface area contributed by atoms with Gasteiger partial charge in [0.05, 0.1) is 12.5 Å². The van der Waals surface area contributed by atoms with Crippen molar-refractivity contribution in [3.63, 3.8) is 0 Å². The molecule has 0 aliphatic rings. The Kier molecular flexibility index (Phi) is 5.38. The van der Waals surface area contributed by atoms with E-state index in [1.165, 1.54) is 19.1 Å². The number of halogens is 3. The van der Waals surface area contributed by atoms with Crippen LogP contribution in [0.4, 0.5) is 13.2 Å². The smallest absolute Gasteiger partial charge is 0.199 e. The lowest BCUT2D eigenvalue weighted by Gasteiger charge is -2.04. The first-order valence-electron chi connectivity index (χ1n) is 3.91. The van der Waals surface area contributed by atoms with Crippen LogP contribution in [0.5, 0.6) is 0 Å². The van der Waals surface area contributed by atoms with Crippen molar-refractivity contribution in [3.05, 3.63) is 35.9 Å². The van der Waals surface area contributed by atoms with Crippen LogP contribution in [0.2, 0.25) is 0 Å². The third kappa shape index (κ3) is 7.17. The maximum atomic E-state index is 11.7. The van der Waals surface area contributed by atoms with E-state index in [1.807, 2.05) is 0 Å².